The van der Waals surface area contributed by atoms with E-state index in [2.05, 4.69) is 10.3 Å². The molecule has 194 valence electrons. The van der Waals surface area contributed by atoms with Crippen LogP contribution in [0.1, 0.15) is 62.5 Å². The van der Waals surface area contributed by atoms with E-state index in [0.717, 1.165) is 43.0 Å². The Morgan fingerprint density at radius 1 is 0.833 bits per heavy atom. The lowest BCUT2D eigenvalue weighted by atomic mass is 9.87. The predicted octanol–water partition coefficient (Wildman–Crippen LogP) is 5.90. The summed E-state index contributed by atoms with van der Waals surface area (Å²) in [6.07, 6.45) is 8.51. The maximum absolute atomic E-state index is 13.2. The molecule has 1 heterocycles. The van der Waals surface area contributed by atoms with Gasteiger partial charge in [0, 0.05) is 6.54 Å². The topological polar surface area (TPSA) is 71.1 Å². The van der Waals surface area contributed by atoms with Crippen LogP contribution in [0.3, 0.4) is 0 Å². The molecule has 2 amide bonds. The van der Waals surface area contributed by atoms with Gasteiger partial charge in [-0.1, -0.05) is 92.8 Å². The van der Waals surface area contributed by atoms with Crippen molar-refractivity contribution in [3.05, 3.63) is 71.8 Å². The number of ether oxygens (including phenoxy) is 2. The molecule has 36 heavy (non-hydrogen) atoms. The van der Waals surface area contributed by atoms with E-state index >= 15 is 0 Å². The van der Waals surface area contributed by atoms with Crippen molar-refractivity contribution < 1.29 is 19.1 Å². The van der Waals surface area contributed by atoms with Gasteiger partial charge in [-0.05, 0) is 49.4 Å². The maximum atomic E-state index is 13.2. The Bertz CT molecular complexity index is 934. The molecule has 1 aliphatic carbocycles. The maximum Gasteiger partial charge on any atom is 0.429 e. The van der Waals surface area contributed by atoms with E-state index in [1.807, 2.05) is 60.7 Å². The number of nitrogens with zero attached hydrogens (tertiary/aromatic N) is 2. The fourth-order valence-corrected chi connectivity index (χ4v) is 5.21. The Hall–Kier alpha value is -3.06. The van der Waals surface area contributed by atoms with E-state index in [1.54, 1.807) is 0 Å². The lowest BCUT2D eigenvalue weighted by molar-refractivity contribution is 0.0246. The van der Waals surface area contributed by atoms with Gasteiger partial charge in [-0.2, -0.15) is 0 Å². The van der Waals surface area contributed by atoms with Crippen LogP contribution in [0.2, 0.25) is 0 Å². The number of piperidine rings is 1. The number of benzene rings is 2. The van der Waals surface area contributed by atoms with Crippen LogP contribution >= 0.6 is 0 Å². The molecular formula is C29H39N3O4. The lowest BCUT2D eigenvalue weighted by Crippen LogP contribution is -2.57. The Balaban J connectivity index is 1.35. The third-order valence-corrected chi connectivity index (χ3v) is 7.25. The number of likely N-dealkylation sites (tertiary alicyclic amines) is 1. The third-order valence-electron chi connectivity index (χ3n) is 7.25. The van der Waals surface area contributed by atoms with E-state index < -0.39 is 12.2 Å². The van der Waals surface area contributed by atoms with Gasteiger partial charge in [-0.3, -0.25) is 0 Å². The highest BCUT2D eigenvalue weighted by molar-refractivity contribution is 5.74. The van der Waals surface area contributed by atoms with E-state index in [0.29, 0.717) is 6.54 Å². The second-order valence-electron chi connectivity index (χ2n) is 9.97. The first kappa shape index (κ1) is 26.0. The fraction of sp³-hybridized carbons (Fsp3) is 0.517. The van der Waals surface area contributed by atoms with Crippen molar-refractivity contribution >= 4 is 12.2 Å². The molecule has 0 bridgehead atoms. The number of nitrogens with one attached hydrogen (secondary N) is 1. The highest BCUT2D eigenvalue weighted by Crippen LogP contribution is 2.27. The Labute approximate surface area is 214 Å². The fourth-order valence-electron chi connectivity index (χ4n) is 5.21. The van der Waals surface area contributed by atoms with E-state index in [1.165, 1.54) is 43.5 Å². The number of amides is 2. The SMILES string of the molecule is O=C(NN(C(=O)OCc1ccccc1)C1CCCN(CCC2CCCCC2)C1)OCc1ccccc1. The van der Waals surface area contributed by atoms with Crippen molar-refractivity contribution in [2.45, 2.75) is 70.6 Å². The highest BCUT2D eigenvalue weighted by Gasteiger charge is 2.32. The average Bonchev–Trinajstić information content (AvgIpc) is 2.94. The summed E-state index contributed by atoms with van der Waals surface area (Å²) in [5.41, 5.74) is 4.47. The summed E-state index contributed by atoms with van der Waals surface area (Å²) >= 11 is 0. The number of hydrazine groups is 1. The molecule has 2 aromatic carbocycles. The summed E-state index contributed by atoms with van der Waals surface area (Å²) in [6.45, 7) is 3.06. The number of carbonyl (C=O) groups is 2. The van der Waals surface area contributed by atoms with Gasteiger partial charge < -0.3 is 14.4 Å². The van der Waals surface area contributed by atoms with Crippen LogP contribution in [-0.2, 0) is 22.7 Å². The van der Waals surface area contributed by atoms with Crippen molar-refractivity contribution in [3.63, 3.8) is 0 Å². The van der Waals surface area contributed by atoms with Crippen molar-refractivity contribution in [1.82, 2.24) is 15.3 Å². The Kier molecular flexibility index (Phi) is 10.0. The van der Waals surface area contributed by atoms with Gasteiger partial charge in [0.1, 0.15) is 13.2 Å². The predicted molar refractivity (Wildman–Crippen MR) is 139 cm³/mol. The number of carbonyl (C=O) groups excluding carboxylic acids is 2. The summed E-state index contributed by atoms with van der Waals surface area (Å²) in [4.78, 5) is 28.2. The molecule has 2 fully saturated rings. The van der Waals surface area contributed by atoms with Crippen LogP contribution in [0.4, 0.5) is 9.59 Å². The van der Waals surface area contributed by atoms with Gasteiger partial charge in [0.05, 0.1) is 6.04 Å². The lowest BCUT2D eigenvalue weighted by Gasteiger charge is -2.38. The van der Waals surface area contributed by atoms with E-state index in [9.17, 15) is 9.59 Å². The van der Waals surface area contributed by atoms with E-state index in [-0.39, 0.29) is 19.3 Å². The molecule has 0 spiro atoms. The first-order valence-corrected chi connectivity index (χ1v) is 13.4. The zero-order valence-electron chi connectivity index (χ0n) is 21.1. The first-order valence-electron chi connectivity index (χ1n) is 13.4. The largest absolute Gasteiger partial charge is 0.443 e. The third kappa shape index (κ3) is 8.26. The molecule has 0 radical (unpaired) electrons. The second-order valence-corrected chi connectivity index (χ2v) is 9.97. The molecule has 1 unspecified atom stereocenters. The molecule has 1 N–H and O–H groups in total. The molecule has 0 aromatic heterocycles. The molecule has 7 nitrogen and oxygen atoms in total. The summed E-state index contributed by atoms with van der Waals surface area (Å²) in [5, 5.41) is 1.35. The minimum Gasteiger partial charge on any atom is -0.443 e. The van der Waals surface area contributed by atoms with Gasteiger partial charge >= 0.3 is 12.2 Å². The summed E-state index contributed by atoms with van der Waals surface area (Å²) in [5.74, 6) is 0.817. The van der Waals surface area contributed by atoms with Gasteiger partial charge in [0.25, 0.3) is 0 Å². The Morgan fingerprint density at radius 2 is 1.47 bits per heavy atom. The minimum atomic E-state index is -0.658. The molecular weight excluding hydrogens is 454 g/mol. The van der Waals surface area contributed by atoms with Crippen molar-refractivity contribution in [2.24, 2.45) is 5.92 Å². The average molecular weight is 494 g/mol. The van der Waals surface area contributed by atoms with Crippen molar-refractivity contribution in [1.29, 1.82) is 0 Å². The minimum absolute atomic E-state index is 0.137. The molecule has 2 aliphatic rings. The summed E-state index contributed by atoms with van der Waals surface area (Å²) < 4.78 is 11.0. The van der Waals surface area contributed by atoms with Gasteiger partial charge in [-0.15, -0.1) is 0 Å². The van der Waals surface area contributed by atoms with Crippen LogP contribution < -0.4 is 5.43 Å². The molecule has 1 saturated carbocycles. The van der Waals surface area contributed by atoms with Gasteiger partial charge in [0.2, 0.25) is 0 Å². The summed E-state index contributed by atoms with van der Waals surface area (Å²) in [7, 11) is 0. The quantitative estimate of drug-likeness (QED) is 0.464. The molecule has 1 atom stereocenters. The zero-order chi connectivity index (χ0) is 25.0. The van der Waals surface area contributed by atoms with Crippen molar-refractivity contribution in [2.75, 3.05) is 19.6 Å². The highest BCUT2D eigenvalue weighted by atomic mass is 16.6. The number of hydrogen-bond acceptors (Lipinski definition) is 5. The van der Waals surface area contributed by atoms with Gasteiger partial charge in [0.15, 0.2) is 0 Å². The molecule has 2 aromatic rings. The second kappa shape index (κ2) is 13.9. The van der Waals surface area contributed by atoms with Crippen LogP contribution in [0, 0.1) is 5.92 Å². The molecule has 4 rings (SSSR count). The van der Waals surface area contributed by atoms with Crippen LogP contribution in [0.25, 0.3) is 0 Å². The van der Waals surface area contributed by atoms with Gasteiger partial charge in [-0.25, -0.2) is 20.0 Å². The summed E-state index contributed by atoms with van der Waals surface area (Å²) in [6, 6.07) is 18.9. The Morgan fingerprint density at radius 3 is 2.14 bits per heavy atom. The zero-order valence-corrected chi connectivity index (χ0v) is 21.1. The van der Waals surface area contributed by atoms with Crippen LogP contribution in [-0.4, -0.2) is 47.8 Å². The van der Waals surface area contributed by atoms with Crippen molar-refractivity contribution in [3.8, 4) is 0 Å². The standard InChI is InChI=1S/C29H39N3O4/c33-28(35-22-25-13-6-2-7-14-25)30-32(29(34)36-23-26-15-8-3-9-16-26)27-17-10-19-31(21-27)20-18-24-11-4-1-5-12-24/h2-3,6-9,13-16,24,27H,1,4-5,10-12,17-23H2,(H,30,33). The number of hydrogen-bond donors (Lipinski definition) is 1. The monoisotopic (exact) mass is 493 g/mol. The van der Waals surface area contributed by atoms with E-state index in [4.69, 9.17) is 9.47 Å². The molecule has 7 heteroatoms. The smallest absolute Gasteiger partial charge is 0.429 e. The molecule has 1 aliphatic heterocycles. The first-order chi connectivity index (χ1) is 17.7. The number of rotatable bonds is 8. The normalized spacial score (nSPS) is 18.8. The van der Waals surface area contributed by atoms with Crippen LogP contribution in [0.5, 0.6) is 0 Å². The van der Waals surface area contributed by atoms with Crippen LogP contribution in [0.15, 0.2) is 60.7 Å². The molecule has 1 saturated heterocycles.